The average molecular weight is 596 g/mol. The summed E-state index contributed by atoms with van der Waals surface area (Å²) in [4.78, 5) is 22.5. The number of nitrogens with zero attached hydrogens (tertiary/aromatic N) is 2. The minimum atomic E-state index is -4.38. The first-order valence-corrected chi connectivity index (χ1v) is 14.8. The fourth-order valence-corrected chi connectivity index (χ4v) is 6.61. The van der Waals surface area contributed by atoms with E-state index in [2.05, 4.69) is 5.32 Å². The number of carbonyl (C=O) groups excluding carboxylic acids is 1. The fraction of sp³-hybridized carbons (Fsp3) is 0.519. The van der Waals surface area contributed by atoms with E-state index in [9.17, 15) is 32.8 Å². The summed E-state index contributed by atoms with van der Waals surface area (Å²) in [5, 5.41) is 25.0. The summed E-state index contributed by atoms with van der Waals surface area (Å²) in [6.45, 7) is 3.74. The lowest BCUT2D eigenvalue weighted by Crippen LogP contribution is -2.51. The zero-order valence-corrected chi connectivity index (χ0v) is 23.5. The maximum absolute atomic E-state index is 14.3. The minimum Gasteiger partial charge on any atom is -0.443 e. The van der Waals surface area contributed by atoms with Crippen molar-refractivity contribution in [3.05, 3.63) is 70.0 Å². The van der Waals surface area contributed by atoms with Crippen LogP contribution in [0.5, 0.6) is 0 Å². The van der Waals surface area contributed by atoms with Gasteiger partial charge in [-0.15, -0.1) is 0 Å². The normalized spacial score (nSPS) is 22.0. The molecule has 2 N–H and O–H groups in total. The van der Waals surface area contributed by atoms with E-state index in [1.165, 1.54) is 0 Å². The van der Waals surface area contributed by atoms with E-state index in [1.807, 2.05) is 6.07 Å². The Hall–Kier alpha value is -3.17. The molecule has 0 aromatic heterocycles. The van der Waals surface area contributed by atoms with Crippen LogP contribution in [0.25, 0.3) is 0 Å². The highest BCUT2D eigenvalue weighted by Gasteiger charge is 2.44. The van der Waals surface area contributed by atoms with Crippen LogP contribution in [0, 0.1) is 27.8 Å². The second kappa shape index (κ2) is 13.2. The monoisotopic (exact) mass is 595 g/mol. The number of nitrogens with one attached hydrogen (secondary N) is 1. The molecule has 224 valence electrons. The lowest BCUT2D eigenvalue weighted by atomic mass is 10.0. The quantitative estimate of drug-likeness (QED) is 0.278. The molecule has 2 fully saturated rings. The van der Waals surface area contributed by atoms with Crippen molar-refractivity contribution in [2.45, 2.75) is 56.1 Å². The number of benzene rings is 2. The molecule has 0 saturated carbocycles. The van der Waals surface area contributed by atoms with Crippen molar-refractivity contribution in [2.75, 3.05) is 26.3 Å². The Balaban J connectivity index is 1.54. The third-order valence-electron chi connectivity index (χ3n) is 7.02. The summed E-state index contributed by atoms with van der Waals surface area (Å²) >= 11 is 0. The molecule has 5 atom stereocenters. The van der Waals surface area contributed by atoms with Crippen molar-refractivity contribution in [3.8, 4) is 0 Å². The van der Waals surface area contributed by atoms with E-state index in [0.717, 1.165) is 22.0 Å². The number of carbonyl (C=O) groups is 1. The van der Waals surface area contributed by atoms with Gasteiger partial charge in [-0.3, -0.25) is 10.1 Å². The smallest absolute Gasteiger partial charge is 0.407 e. The van der Waals surface area contributed by atoms with E-state index in [0.29, 0.717) is 19.1 Å². The lowest BCUT2D eigenvalue weighted by Gasteiger charge is -2.31. The molecule has 0 unspecified atom stereocenters. The molecule has 2 aliphatic heterocycles. The van der Waals surface area contributed by atoms with Crippen LogP contribution in [0.15, 0.2) is 53.4 Å². The molecule has 2 aromatic carbocycles. The molecular formula is C27H34FN3O9S. The predicted octanol–water partition coefficient (Wildman–Crippen LogP) is 2.84. The Morgan fingerprint density at radius 1 is 1.22 bits per heavy atom. The maximum Gasteiger partial charge on any atom is 0.407 e. The van der Waals surface area contributed by atoms with E-state index in [-0.39, 0.29) is 31.4 Å². The zero-order chi connectivity index (χ0) is 29.7. The highest BCUT2D eigenvalue weighted by molar-refractivity contribution is 7.89. The summed E-state index contributed by atoms with van der Waals surface area (Å²) in [5.41, 5.74) is -0.0748. The number of rotatable bonds is 12. The number of nitro benzene ring substituents is 1. The van der Waals surface area contributed by atoms with Crippen LogP contribution in [0.1, 0.15) is 25.8 Å². The van der Waals surface area contributed by atoms with Crippen LogP contribution in [-0.2, 0) is 30.7 Å². The molecule has 0 radical (unpaired) electrons. The highest BCUT2D eigenvalue weighted by Crippen LogP contribution is 2.33. The number of nitro groups is 1. The topological polar surface area (TPSA) is 158 Å². The van der Waals surface area contributed by atoms with Crippen LogP contribution < -0.4 is 5.32 Å². The number of aliphatic hydroxyl groups excluding tert-OH is 1. The van der Waals surface area contributed by atoms with Crippen LogP contribution in [0.3, 0.4) is 0 Å². The summed E-state index contributed by atoms with van der Waals surface area (Å²) in [6.07, 6.45) is -2.29. The van der Waals surface area contributed by atoms with Gasteiger partial charge in [-0.25, -0.2) is 13.2 Å². The maximum atomic E-state index is 14.3. The van der Waals surface area contributed by atoms with Crippen LogP contribution in [0.4, 0.5) is 14.9 Å². The summed E-state index contributed by atoms with van der Waals surface area (Å²) in [5.74, 6) is -1.57. The molecule has 4 rings (SSSR count). The van der Waals surface area contributed by atoms with Gasteiger partial charge in [0.1, 0.15) is 6.10 Å². The van der Waals surface area contributed by atoms with Crippen molar-refractivity contribution in [1.29, 1.82) is 0 Å². The Labute approximate surface area is 237 Å². The average Bonchev–Trinajstić information content (AvgIpc) is 3.53. The van der Waals surface area contributed by atoms with E-state index in [1.54, 1.807) is 38.1 Å². The van der Waals surface area contributed by atoms with Crippen molar-refractivity contribution in [3.63, 3.8) is 0 Å². The second-order valence-electron chi connectivity index (χ2n) is 10.6. The molecule has 2 aliphatic rings. The number of amides is 1. The lowest BCUT2D eigenvalue weighted by molar-refractivity contribution is -0.387. The van der Waals surface area contributed by atoms with Crippen LogP contribution >= 0.6 is 0 Å². The van der Waals surface area contributed by atoms with E-state index >= 15 is 0 Å². The first-order chi connectivity index (χ1) is 19.5. The number of sulfonamides is 1. The van der Waals surface area contributed by atoms with E-state index < -0.39 is 68.5 Å². The van der Waals surface area contributed by atoms with Crippen LogP contribution in [0.2, 0.25) is 0 Å². The van der Waals surface area contributed by atoms with Gasteiger partial charge < -0.3 is 24.6 Å². The number of hydrogen-bond donors (Lipinski definition) is 2. The van der Waals surface area contributed by atoms with Crippen molar-refractivity contribution >= 4 is 21.8 Å². The Morgan fingerprint density at radius 3 is 2.61 bits per heavy atom. The summed E-state index contributed by atoms with van der Waals surface area (Å²) in [7, 11) is -4.38. The Morgan fingerprint density at radius 2 is 1.95 bits per heavy atom. The SMILES string of the molecule is CC(C)CN(C[C@@H](O)[C@H](Cc1ccccc1)NC(=O)O[C@H]1CO[C@H]2OCC[C@H]21)S(=O)(=O)c1ccc([N+](=O)[O-])c(F)c1. The number of alkyl carbamates (subject to hydrolysis) is 1. The van der Waals surface area contributed by atoms with Gasteiger partial charge in [0.2, 0.25) is 15.8 Å². The molecular weight excluding hydrogens is 561 g/mol. The molecule has 0 spiro atoms. The molecule has 2 saturated heterocycles. The number of hydrogen-bond acceptors (Lipinski definition) is 9. The molecule has 2 heterocycles. The fourth-order valence-electron chi connectivity index (χ4n) is 4.98. The predicted molar refractivity (Wildman–Crippen MR) is 144 cm³/mol. The molecule has 12 nitrogen and oxygen atoms in total. The number of halogens is 1. The minimum absolute atomic E-state index is 0.0387. The summed E-state index contributed by atoms with van der Waals surface area (Å²) in [6, 6.07) is 10.4. The van der Waals surface area contributed by atoms with Gasteiger partial charge >= 0.3 is 11.8 Å². The van der Waals surface area contributed by atoms with E-state index in [4.69, 9.17) is 14.2 Å². The molecule has 0 bridgehead atoms. The molecule has 0 aliphatic carbocycles. The highest BCUT2D eigenvalue weighted by atomic mass is 32.2. The molecule has 1 amide bonds. The third kappa shape index (κ3) is 7.57. The molecule has 2 aromatic rings. The number of aliphatic hydroxyl groups is 1. The second-order valence-corrected chi connectivity index (χ2v) is 12.5. The zero-order valence-electron chi connectivity index (χ0n) is 22.7. The first kappa shape index (κ1) is 30.8. The Bertz CT molecular complexity index is 1330. The number of ether oxygens (including phenoxy) is 3. The van der Waals surface area contributed by atoms with Gasteiger partial charge in [-0.05, 0) is 30.4 Å². The Kier molecular flexibility index (Phi) is 9.92. The van der Waals surface area contributed by atoms with Crippen molar-refractivity contribution < 1.29 is 41.8 Å². The van der Waals surface area contributed by atoms with Gasteiger partial charge in [0.15, 0.2) is 6.29 Å². The first-order valence-electron chi connectivity index (χ1n) is 13.3. The molecule has 41 heavy (non-hydrogen) atoms. The molecule has 14 heteroatoms. The summed E-state index contributed by atoms with van der Waals surface area (Å²) < 4.78 is 58.9. The van der Waals surface area contributed by atoms with Gasteiger partial charge in [0, 0.05) is 25.2 Å². The van der Waals surface area contributed by atoms with Gasteiger partial charge in [0.25, 0.3) is 0 Å². The van der Waals surface area contributed by atoms with Gasteiger partial charge in [0.05, 0.1) is 41.1 Å². The van der Waals surface area contributed by atoms with Gasteiger partial charge in [-0.1, -0.05) is 44.2 Å². The number of fused-ring (bicyclic) bond motifs is 1. The largest absolute Gasteiger partial charge is 0.443 e. The third-order valence-corrected chi connectivity index (χ3v) is 8.85. The van der Waals surface area contributed by atoms with Crippen molar-refractivity contribution in [1.82, 2.24) is 9.62 Å². The van der Waals surface area contributed by atoms with Crippen LogP contribution in [-0.4, -0.2) is 79.7 Å². The van der Waals surface area contributed by atoms with Gasteiger partial charge in [-0.2, -0.15) is 8.70 Å². The standard InChI is InChI=1S/C27H34FN3O9S/c1-17(2)14-30(41(36,37)19-8-9-23(31(34)35)21(28)13-19)15-24(32)22(12-18-6-4-3-5-7-18)29-27(33)40-25-16-39-26-20(25)10-11-38-26/h3-9,13,17,20,22,24-26,32H,10-12,14-16H2,1-2H3,(H,29,33)/t20-,22-,24+,25-,26+/m0/s1. The van der Waals surface area contributed by atoms with Crippen molar-refractivity contribution in [2.24, 2.45) is 11.8 Å².